The van der Waals surface area contributed by atoms with Crippen LogP contribution in [-0.2, 0) is 0 Å². The first-order chi connectivity index (χ1) is 13.0. The zero-order valence-electron chi connectivity index (χ0n) is 15.4. The number of carboxylic acid groups (broad SMARTS) is 1. The predicted molar refractivity (Wildman–Crippen MR) is 106 cm³/mol. The number of hydrogen-bond acceptors (Lipinski definition) is 5. The Morgan fingerprint density at radius 2 is 1.81 bits per heavy atom. The number of carbonyl (C=O) groups is 1. The van der Waals surface area contributed by atoms with Gasteiger partial charge in [-0.05, 0) is 24.6 Å². The van der Waals surface area contributed by atoms with E-state index in [-0.39, 0.29) is 5.56 Å². The number of nitrogens with one attached hydrogen (secondary N) is 1. The van der Waals surface area contributed by atoms with Gasteiger partial charge in [-0.3, -0.25) is 0 Å². The van der Waals surface area contributed by atoms with E-state index in [1.54, 1.807) is 0 Å². The van der Waals surface area contributed by atoms with Gasteiger partial charge in [0.25, 0.3) is 0 Å². The molecule has 2 atom stereocenters. The summed E-state index contributed by atoms with van der Waals surface area (Å²) in [7, 11) is 0. The number of benzene rings is 2. The van der Waals surface area contributed by atoms with Crippen LogP contribution < -0.4 is 10.2 Å². The van der Waals surface area contributed by atoms with Gasteiger partial charge in [-0.2, -0.15) is 0 Å². The summed E-state index contributed by atoms with van der Waals surface area (Å²) >= 11 is 0. The zero-order valence-corrected chi connectivity index (χ0v) is 15.4. The highest BCUT2D eigenvalue weighted by Gasteiger charge is 2.25. The summed E-state index contributed by atoms with van der Waals surface area (Å²) in [6.45, 7) is 5.82. The van der Waals surface area contributed by atoms with Gasteiger partial charge in [0.05, 0.1) is 5.69 Å². The first-order valence-electron chi connectivity index (χ1n) is 9.12. The number of carboxylic acids is 1. The van der Waals surface area contributed by atoms with Crippen molar-refractivity contribution in [2.45, 2.75) is 25.9 Å². The smallest absolute Gasteiger partial charge is 0.339 e. The van der Waals surface area contributed by atoms with Crippen molar-refractivity contribution in [2.24, 2.45) is 0 Å². The molecule has 4 rings (SSSR count). The molecule has 0 spiro atoms. The van der Waals surface area contributed by atoms with Crippen LogP contribution >= 0.6 is 0 Å². The SMILES string of the molecule is C[C@@H]1CN(c2ncc(C(=O)O)c(-c3cccc4ccccc34)n2)C[C@H](C)N1. The van der Waals surface area contributed by atoms with E-state index in [2.05, 4.69) is 29.0 Å². The largest absolute Gasteiger partial charge is 0.478 e. The Hall–Kier alpha value is -2.99. The molecule has 0 unspecified atom stereocenters. The van der Waals surface area contributed by atoms with Crippen LogP contribution in [-0.4, -0.2) is 46.2 Å². The topological polar surface area (TPSA) is 78.4 Å². The summed E-state index contributed by atoms with van der Waals surface area (Å²) in [5.41, 5.74) is 1.39. The highest BCUT2D eigenvalue weighted by Crippen LogP contribution is 2.31. The quantitative estimate of drug-likeness (QED) is 0.745. The fraction of sp³-hybridized carbons (Fsp3) is 0.286. The fourth-order valence-corrected chi connectivity index (χ4v) is 3.81. The van der Waals surface area contributed by atoms with Crippen LogP contribution in [0.15, 0.2) is 48.7 Å². The minimum absolute atomic E-state index is 0.117. The molecule has 2 aromatic carbocycles. The molecular weight excluding hydrogens is 340 g/mol. The normalized spacial score (nSPS) is 20.0. The van der Waals surface area contributed by atoms with Crippen molar-refractivity contribution in [1.29, 1.82) is 0 Å². The van der Waals surface area contributed by atoms with E-state index in [4.69, 9.17) is 4.98 Å². The number of anilines is 1. The van der Waals surface area contributed by atoms with Gasteiger partial charge in [0.1, 0.15) is 5.56 Å². The maximum atomic E-state index is 11.8. The van der Waals surface area contributed by atoms with Crippen molar-refractivity contribution in [3.63, 3.8) is 0 Å². The van der Waals surface area contributed by atoms with E-state index in [1.807, 2.05) is 42.5 Å². The van der Waals surface area contributed by atoms with Crippen molar-refractivity contribution in [3.8, 4) is 11.3 Å². The fourth-order valence-electron chi connectivity index (χ4n) is 3.81. The number of aromatic carboxylic acids is 1. The molecule has 0 amide bonds. The number of piperazine rings is 1. The molecule has 1 aliphatic heterocycles. The van der Waals surface area contributed by atoms with Crippen molar-refractivity contribution < 1.29 is 9.90 Å². The minimum Gasteiger partial charge on any atom is -0.478 e. The number of fused-ring (bicyclic) bond motifs is 1. The third-order valence-corrected chi connectivity index (χ3v) is 4.89. The van der Waals surface area contributed by atoms with Crippen molar-refractivity contribution in [2.75, 3.05) is 18.0 Å². The number of nitrogens with zero attached hydrogens (tertiary/aromatic N) is 3. The molecule has 1 fully saturated rings. The number of hydrogen-bond donors (Lipinski definition) is 2. The monoisotopic (exact) mass is 362 g/mol. The van der Waals surface area contributed by atoms with Crippen molar-refractivity contribution in [1.82, 2.24) is 15.3 Å². The summed E-state index contributed by atoms with van der Waals surface area (Å²) in [5.74, 6) is -0.449. The molecular formula is C21H22N4O2. The molecule has 2 N–H and O–H groups in total. The van der Waals surface area contributed by atoms with Gasteiger partial charge in [0, 0.05) is 36.9 Å². The molecule has 1 saturated heterocycles. The summed E-state index contributed by atoms with van der Waals surface area (Å²) in [6.07, 6.45) is 1.43. The maximum absolute atomic E-state index is 11.8. The van der Waals surface area contributed by atoms with E-state index in [9.17, 15) is 9.90 Å². The predicted octanol–water partition coefficient (Wildman–Crippen LogP) is 3.18. The first kappa shape index (κ1) is 17.4. The Morgan fingerprint density at radius 3 is 2.56 bits per heavy atom. The second kappa shape index (κ2) is 6.96. The van der Waals surface area contributed by atoms with Crippen LogP contribution in [0.1, 0.15) is 24.2 Å². The van der Waals surface area contributed by atoms with Gasteiger partial charge in [0.2, 0.25) is 5.95 Å². The summed E-state index contributed by atoms with van der Waals surface area (Å²) in [6, 6.07) is 14.4. The Bertz CT molecular complexity index is 989. The van der Waals surface area contributed by atoms with Gasteiger partial charge in [-0.15, -0.1) is 0 Å². The van der Waals surface area contributed by atoms with E-state index in [1.165, 1.54) is 6.20 Å². The molecule has 0 bridgehead atoms. The Morgan fingerprint density at radius 1 is 1.11 bits per heavy atom. The molecule has 138 valence electrons. The molecule has 0 saturated carbocycles. The van der Waals surface area contributed by atoms with Crippen molar-refractivity contribution >= 4 is 22.7 Å². The van der Waals surface area contributed by atoms with Crippen LogP contribution in [0.2, 0.25) is 0 Å². The summed E-state index contributed by atoms with van der Waals surface area (Å²) < 4.78 is 0. The molecule has 27 heavy (non-hydrogen) atoms. The Kier molecular flexibility index (Phi) is 4.49. The van der Waals surface area contributed by atoms with Crippen LogP contribution in [0.3, 0.4) is 0 Å². The lowest BCUT2D eigenvalue weighted by Gasteiger charge is -2.36. The Labute approximate surface area is 157 Å². The van der Waals surface area contributed by atoms with E-state index in [0.29, 0.717) is 23.7 Å². The third-order valence-electron chi connectivity index (χ3n) is 4.89. The second-order valence-corrected chi connectivity index (χ2v) is 7.14. The molecule has 6 nitrogen and oxygen atoms in total. The molecule has 2 heterocycles. The number of aromatic nitrogens is 2. The van der Waals surface area contributed by atoms with E-state index in [0.717, 1.165) is 29.4 Å². The minimum atomic E-state index is -1.02. The van der Waals surface area contributed by atoms with Crippen LogP contribution in [0.25, 0.3) is 22.0 Å². The van der Waals surface area contributed by atoms with Gasteiger partial charge < -0.3 is 15.3 Å². The Balaban J connectivity index is 1.86. The van der Waals surface area contributed by atoms with Crippen LogP contribution in [0.5, 0.6) is 0 Å². The third kappa shape index (κ3) is 3.36. The maximum Gasteiger partial charge on any atom is 0.339 e. The lowest BCUT2D eigenvalue weighted by Crippen LogP contribution is -2.54. The highest BCUT2D eigenvalue weighted by molar-refractivity contribution is 6.02. The molecule has 6 heteroatoms. The molecule has 1 aliphatic rings. The lowest BCUT2D eigenvalue weighted by molar-refractivity contribution is 0.0697. The van der Waals surface area contributed by atoms with Crippen molar-refractivity contribution in [3.05, 3.63) is 54.2 Å². The molecule has 3 aromatic rings. The van der Waals surface area contributed by atoms with E-state index < -0.39 is 5.97 Å². The average molecular weight is 362 g/mol. The lowest BCUT2D eigenvalue weighted by atomic mass is 9.99. The van der Waals surface area contributed by atoms with Gasteiger partial charge >= 0.3 is 5.97 Å². The van der Waals surface area contributed by atoms with Crippen LogP contribution in [0.4, 0.5) is 5.95 Å². The average Bonchev–Trinajstić information content (AvgIpc) is 2.66. The number of rotatable bonds is 3. The zero-order chi connectivity index (χ0) is 19.0. The summed E-state index contributed by atoms with van der Waals surface area (Å²) in [5, 5.41) is 15.2. The van der Waals surface area contributed by atoms with Gasteiger partial charge in [-0.1, -0.05) is 42.5 Å². The first-order valence-corrected chi connectivity index (χ1v) is 9.12. The highest BCUT2D eigenvalue weighted by atomic mass is 16.4. The standard InChI is InChI=1S/C21H22N4O2/c1-13-11-25(12-14(2)23-13)21-22-10-18(20(26)27)19(24-21)17-9-5-7-15-6-3-4-8-16(15)17/h3-10,13-14,23H,11-12H2,1-2H3,(H,26,27)/t13-,14+. The van der Waals surface area contributed by atoms with Gasteiger partial charge in [-0.25, -0.2) is 14.8 Å². The van der Waals surface area contributed by atoms with Gasteiger partial charge in [0.15, 0.2) is 0 Å². The molecule has 0 aliphatic carbocycles. The van der Waals surface area contributed by atoms with E-state index >= 15 is 0 Å². The second-order valence-electron chi connectivity index (χ2n) is 7.14. The summed E-state index contributed by atoms with van der Waals surface area (Å²) in [4.78, 5) is 23.0. The van der Waals surface area contributed by atoms with Crippen LogP contribution in [0, 0.1) is 0 Å². The molecule has 0 radical (unpaired) electrons. The molecule has 1 aromatic heterocycles.